The molecule has 6 heteroatoms. The van der Waals surface area contributed by atoms with Crippen LogP contribution in [0.5, 0.6) is 0 Å². The summed E-state index contributed by atoms with van der Waals surface area (Å²) >= 11 is 6.04. The fourth-order valence-electron chi connectivity index (χ4n) is 3.18. The monoisotopic (exact) mass is 345 g/mol. The molecule has 1 fully saturated rings. The first-order valence-corrected chi connectivity index (χ1v) is 8.45. The largest absolute Gasteiger partial charge is 0.338 e. The molecule has 0 saturated carbocycles. The molecule has 0 spiro atoms. The third kappa shape index (κ3) is 3.51. The van der Waals surface area contributed by atoms with Crippen LogP contribution < -0.4 is 5.56 Å². The maximum atomic E-state index is 12.8. The maximum absolute atomic E-state index is 12.8. The molecule has 126 valence electrons. The normalized spacial score (nSPS) is 17.8. The zero-order chi connectivity index (χ0) is 17.3. The number of aryl methyl sites for hydroxylation is 2. The van der Waals surface area contributed by atoms with Crippen LogP contribution in [0.1, 0.15) is 46.2 Å². The minimum absolute atomic E-state index is 0.000953. The molecule has 1 aromatic carbocycles. The van der Waals surface area contributed by atoms with Gasteiger partial charge in [0.1, 0.15) is 5.82 Å². The maximum Gasteiger partial charge on any atom is 0.253 e. The highest BCUT2D eigenvalue weighted by Gasteiger charge is 2.26. The van der Waals surface area contributed by atoms with E-state index >= 15 is 0 Å². The number of H-pyrrole nitrogens is 1. The van der Waals surface area contributed by atoms with Crippen molar-refractivity contribution in [2.45, 2.75) is 32.6 Å². The Bertz CT molecular complexity index is 831. The summed E-state index contributed by atoms with van der Waals surface area (Å²) in [4.78, 5) is 33.4. The third-order valence-electron chi connectivity index (χ3n) is 4.41. The smallest absolute Gasteiger partial charge is 0.253 e. The number of hydrogen-bond donors (Lipinski definition) is 1. The predicted molar refractivity (Wildman–Crippen MR) is 93.7 cm³/mol. The Morgan fingerprint density at radius 1 is 1.33 bits per heavy atom. The fraction of sp³-hybridized carbons (Fsp3) is 0.389. The van der Waals surface area contributed by atoms with E-state index in [1.807, 2.05) is 17.9 Å². The molecule has 0 radical (unpaired) electrons. The van der Waals surface area contributed by atoms with Crippen molar-refractivity contribution in [3.8, 4) is 0 Å². The van der Waals surface area contributed by atoms with Gasteiger partial charge >= 0.3 is 0 Å². The molecule has 1 aliphatic heterocycles. The highest BCUT2D eigenvalue weighted by molar-refractivity contribution is 6.31. The Labute approximate surface area is 145 Å². The number of nitrogens with zero attached hydrogens (tertiary/aromatic N) is 2. The van der Waals surface area contributed by atoms with Crippen molar-refractivity contribution in [3.05, 3.63) is 62.3 Å². The highest BCUT2D eigenvalue weighted by Crippen LogP contribution is 2.26. The van der Waals surface area contributed by atoms with Gasteiger partial charge in [-0.15, -0.1) is 0 Å². The van der Waals surface area contributed by atoms with Gasteiger partial charge in [-0.05, 0) is 50.5 Å². The summed E-state index contributed by atoms with van der Waals surface area (Å²) in [6.45, 7) is 4.96. The lowest BCUT2D eigenvalue weighted by molar-refractivity contribution is 0.0705. The second-order valence-corrected chi connectivity index (χ2v) is 6.72. The molecule has 2 aromatic rings. The number of rotatable bonds is 2. The van der Waals surface area contributed by atoms with E-state index in [0.29, 0.717) is 23.0 Å². The molecular weight excluding hydrogens is 326 g/mol. The van der Waals surface area contributed by atoms with Gasteiger partial charge in [-0.2, -0.15) is 0 Å². The number of piperidine rings is 1. The standard InChI is InChI=1S/C18H20ClN3O2/c1-11-8-13(5-6-15(11)19)18(24)22-7-3-4-14(10-22)16-9-17(23)21-12(2)20-16/h5-6,8-9,14H,3-4,7,10H2,1-2H3,(H,20,21,23)/t14-/m1/s1. The van der Waals surface area contributed by atoms with Crippen LogP contribution in [-0.4, -0.2) is 33.9 Å². The Hall–Kier alpha value is -2.14. The Morgan fingerprint density at radius 2 is 2.12 bits per heavy atom. The van der Waals surface area contributed by atoms with E-state index in [-0.39, 0.29) is 17.4 Å². The quantitative estimate of drug-likeness (QED) is 0.909. The molecule has 0 aliphatic carbocycles. The molecule has 1 amide bonds. The second kappa shape index (κ2) is 6.77. The number of nitrogens with one attached hydrogen (secondary N) is 1. The first kappa shape index (κ1) is 16.7. The molecule has 24 heavy (non-hydrogen) atoms. The van der Waals surface area contributed by atoms with Gasteiger partial charge in [0, 0.05) is 35.7 Å². The van der Waals surface area contributed by atoms with Gasteiger partial charge in [-0.1, -0.05) is 11.6 Å². The molecule has 0 unspecified atom stereocenters. The van der Waals surface area contributed by atoms with Gasteiger partial charge < -0.3 is 9.88 Å². The first-order chi connectivity index (χ1) is 11.4. The van der Waals surface area contributed by atoms with E-state index < -0.39 is 0 Å². The molecule has 1 aliphatic rings. The zero-order valence-corrected chi connectivity index (χ0v) is 14.6. The van der Waals surface area contributed by atoms with E-state index in [0.717, 1.165) is 30.6 Å². The van der Waals surface area contributed by atoms with Crippen LogP contribution >= 0.6 is 11.6 Å². The number of likely N-dealkylation sites (tertiary alicyclic amines) is 1. The van der Waals surface area contributed by atoms with Crippen molar-refractivity contribution in [1.29, 1.82) is 0 Å². The third-order valence-corrected chi connectivity index (χ3v) is 4.84. The highest BCUT2D eigenvalue weighted by atomic mass is 35.5. The summed E-state index contributed by atoms with van der Waals surface area (Å²) in [6, 6.07) is 6.88. The van der Waals surface area contributed by atoms with Crippen LogP contribution in [0.15, 0.2) is 29.1 Å². The van der Waals surface area contributed by atoms with Gasteiger partial charge in [-0.25, -0.2) is 4.98 Å². The summed E-state index contributed by atoms with van der Waals surface area (Å²) < 4.78 is 0. The lowest BCUT2D eigenvalue weighted by Gasteiger charge is -2.32. The van der Waals surface area contributed by atoms with Crippen molar-refractivity contribution in [1.82, 2.24) is 14.9 Å². The molecular formula is C18H20ClN3O2. The lowest BCUT2D eigenvalue weighted by atomic mass is 9.94. The summed E-state index contributed by atoms with van der Waals surface area (Å²) in [5, 5.41) is 0.659. The van der Waals surface area contributed by atoms with Crippen LogP contribution in [0.2, 0.25) is 5.02 Å². The average Bonchev–Trinajstić information content (AvgIpc) is 2.56. The van der Waals surface area contributed by atoms with E-state index in [1.165, 1.54) is 6.07 Å². The lowest BCUT2D eigenvalue weighted by Crippen LogP contribution is -2.39. The zero-order valence-electron chi connectivity index (χ0n) is 13.8. The Balaban J connectivity index is 1.81. The minimum Gasteiger partial charge on any atom is -0.338 e. The van der Waals surface area contributed by atoms with Crippen molar-refractivity contribution in [3.63, 3.8) is 0 Å². The molecule has 3 rings (SSSR count). The Kier molecular flexibility index (Phi) is 4.71. The van der Waals surface area contributed by atoms with Crippen molar-refractivity contribution in [2.75, 3.05) is 13.1 Å². The molecule has 1 atom stereocenters. The van der Waals surface area contributed by atoms with Crippen LogP contribution in [0.4, 0.5) is 0 Å². The van der Waals surface area contributed by atoms with Crippen molar-refractivity contribution in [2.24, 2.45) is 0 Å². The number of hydrogen-bond acceptors (Lipinski definition) is 3. The first-order valence-electron chi connectivity index (χ1n) is 8.07. The van der Waals surface area contributed by atoms with Gasteiger partial charge in [0.05, 0.1) is 5.69 Å². The predicted octanol–water partition coefficient (Wildman–Crippen LogP) is 3.06. The van der Waals surface area contributed by atoms with E-state index in [9.17, 15) is 9.59 Å². The minimum atomic E-state index is -0.144. The molecule has 1 saturated heterocycles. The van der Waals surface area contributed by atoms with Gasteiger partial charge in [0.15, 0.2) is 0 Å². The topological polar surface area (TPSA) is 66.1 Å². The van der Waals surface area contributed by atoms with Crippen molar-refractivity contribution >= 4 is 17.5 Å². The van der Waals surface area contributed by atoms with Gasteiger partial charge in [0.25, 0.3) is 11.5 Å². The molecule has 1 aromatic heterocycles. The number of amides is 1. The average molecular weight is 346 g/mol. The van der Waals surface area contributed by atoms with E-state index in [1.54, 1.807) is 19.1 Å². The molecule has 1 N–H and O–H groups in total. The summed E-state index contributed by atoms with van der Waals surface area (Å²) in [6.07, 6.45) is 1.83. The van der Waals surface area contributed by atoms with Crippen LogP contribution in [-0.2, 0) is 0 Å². The summed E-state index contributed by atoms with van der Waals surface area (Å²) in [5.41, 5.74) is 2.16. The summed E-state index contributed by atoms with van der Waals surface area (Å²) in [7, 11) is 0. The fourth-order valence-corrected chi connectivity index (χ4v) is 3.29. The SMILES string of the molecule is Cc1nc([C@@H]2CCCN(C(=O)c3ccc(Cl)c(C)c3)C2)cc(=O)[nH]1. The van der Waals surface area contributed by atoms with Crippen LogP contribution in [0, 0.1) is 13.8 Å². The number of carbonyl (C=O) groups is 1. The number of benzene rings is 1. The van der Waals surface area contributed by atoms with Crippen molar-refractivity contribution < 1.29 is 4.79 Å². The van der Waals surface area contributed by atoms with Crippen LogP contribution in [0.3, 0.4) is 0 Å². The molecule has 0 bridgehead atoms. The summed E-state index contributed by atoms with van der Waals surface area (Å²) in [5.74, 6) is 0.701. The van der Waals surface area contributed by atoms with Gasteiger partial charge in [-0.3, -0.25) is 9.59 Å². The number of aromatic nitrogens is 2. The van der Waals surface area contributed by atoms with E-state index in [2.05, 4.69) is 9.97 Å². The number of aromatic amines is 1. The number of halogens is 1. The van der Waals surface area contributed by atoms with E-state index in [4.69, 9.17) is 11.6 Å². The van der Waals surface area contributed by atoms with Gasteiger partial charge in [0.2, 0.25) is 0 Å². The molecule has 5 nitrogen and oxygen atoms in total. The molecule has 2 heterocycles. The van der Waals surface area contributed by atoms with Crippen LogP contribution in [0.25, 0.3) is 0 Å². The second-order valence-electron chi connectivity index (χ2n) is 6.31. The Morgan fingerprint density at radius 3 is 2.83 bits per heavy atom. The number of carbonyl (C=O) groups excluding carboxylic acids is 1.